The van der Waals surface area contributed by atoms with Gasteiger partial charge in [0.15, 0.2) is 0 Å². The van der Waals surface area contributed by atoms with Crippen LogP contribution in [-0.4, -0.2) is 47.2 Å². The normalized spacial score (nSPS) is 18.7. The molecule has 10 nitrogen and oxygen atoms in total. The fraction of sp³-hybridized carbons (Fsp3) is 0.219. The Morgan fingerprint density at radius 3 is 2.27 bits per heavy atom. The van der Waals surface area contributed by atoms with Crippen LogP contribution in [-0.2, 0) is 25.7 Å². The van der Waals surface area contributed by atoms with Crippen LogP contribution in [0.15, 0.2) is 82.6 Å². The molecule has 45 heavy (non-hydrogen) atoms. The zero-order chi connectivity index (χ0) is 31.8. The Balaban J connectivity index is 1.37. The molecule has 2 aliphatic heterocycles. The average molecular weight is 648 g/mol. The van der Waals surface area contributed by atoms with E-state index in [-0.39, 0.29) is 18.7 Å². The van der Waals surface area contributed by atoms with E-state index in [4.69, 9.17) is 9.47 Å². The molecule has 1 aromatic heterocycles. The molecule has 6 rings (SSSR count). The number of nitrogens with one attached hydrogen (secondary N) is 1. The minimum atomic E-state index is -0.887. The number of thioether (sulfide) groups is 1. The number of carbonyl (C=O) groups is 4. The smallest absolute Gasteiger partial charge is 0.338 e. The number of anilines is 2. The maximum atomic E-state index is 14.1. The van der Waals surface area contributed by atoms with E-state index in [0.29, 0.717) is 32.6 Å². The van der Waals surface area contributed by atoms with Crippen molar-refractivity contribution in [1.82, 2.24) is 4.57 Å². The van der Waals surface area contributed by atoms with E-state index in [2.05, 4.69) is 5.32 Å². The summed E-state index contributed by atoms with van der Waals surface area (Å²) in [5, 5.41) is 2.21. The zero-order valence-corrected chi connectivity index (χ0v) is 25.7. The van der Waals surface area contributed by atoms with Crippen molar-refractivity contribution in [3.63, 3.8) is 0 Å². The van der Waals surface area contributed by atoms with E-state index in [0.717, 1.165) is 28.0 Å². The number of fused-ring (bicyclic) bond motifs is 2. The second-order valence-corrected chi connectivity index (χ2v) is 12.4. The molecule has 2 aliphatic rings. The molecule has 0 spiro atoms. The first kappa shape index (κ1) is 30.3. The van der Waals surface area contributed by atoms with Crippen LogP contribution in [0.5, 0.6) is 5.75 Å². The van der Waals surface area contributed by atoms with E-state index in [1.165, 1.54) is 60.2 Å². The van der Waals surface area contributed by atoms with Crippen LogP contribution in [0.25, 0.3) is 0 Å². The summed E-state index contributed by atoms with van der Waals surface area (Å²) in [7, 11) is 1.54. The molecule has 230 valence electrons. The molecule has 0 radical (unpaired) electrons. The van der Waals surface area contributed by atoms with Crippen LogP contribution in [0.2, 0.25) is 0 Å². The minimum Gasteiger partial charge on any atom is -0.497 e. The summed E-state index contributed by atoms with van der Waals surface area (Å²) in [5.41, 5.74) is 1.66. The summed E-state index contributed by atoms with van der Waals surface area (Å²) in [5.74, 6) is -3.28. The third-order valence-corrected chi connectivity index (χ3v) is 10.2. The Labute approximate surface area is 264 Å². The first-order valence-corrected chi connectivity index (χ1v) is 15.6. The van der Waals surface area contributed by atoms with Gasteiger partial charge in [0.25, 0.3) is 0 Å². The Bertz CT molecular complexity index is 1850. The van der Waals surface area contributed by atoms with Gasteiger partial charge in [0, 0.05) is 16.5 Å². The van der Waals surface area contributed by atoms with Crippen molar-refractivity contribution < 1.29 is 33.0 Å². The summed E-state index contributed by atoms with van der Waals surface area (Å²) >= 11 is 2.02. The molecule has 3 heterocycles. The summed E-state index contributed by atoms with van der Waals surface area (Å²) < 4.78 is 25.0. The fourth-order valence-electron chi connectivity index (χ4n) is 5.52. The van der Waals surface area contributed by atoms with E-state index >= 15 is 0 Å². The van der Waals surface area contributed by atoms with Crippen LogP contribution < -0.4 is 19.8 Å². The largest absolute Gasteiger partial charge is 0.497 e. The highest BCUT2D eigenvalue weighted by atomic mass is 32.2. The van der Waals surface area contributed by atoms with Gasteiger partial charge in [0.2, 0.25) is 17.7 Å². The van der Waals surface area contributed by atoms with Crippen molar-refractivity contribution in [2.75, 3.05) is 23.9 Å². The van der Waals surface area contributed by atoms with E-state index in [1.807, 2.05) is 0 Å². The van der Waals surface area contributed by atoms with Gasteiger partial charge in [-0.2, -0.15) is 0 Å². The van der Waals surface area contributed by atoms with Gasteiger partial charge in [-0.25, -0.2) is 14.1 Å². The van der Waals surface area contributed by atoms with Crippen molar-refractivity contribution in [3.8, 4) is 5.75 Å². The Kier molecular flexibility index (Phi) is 8.30. The van der Waals surface area contributed by atoms with E-state index in [9.17, 15) is 28.4 Å². The molecule has 1 saturated heterocycles. The number of aromatic nitrogens is 1. The molecular formula is C32H26FN3O7S2. The first-order valence-electron chi connectivity index (χ1n) is 13.9. The lowest BCUT2D eigenvalue weighted by Gasteiger charge is -2.30. The number of methoxy groups -OCH3 is 1. The van der Waals surface area contributed by atoms with Crippen LogP contribution in [0.4, 0.5) is 15.8 Å². The van der Waals surface area contributed by atoms with E-state index in [1.54, 1.807) is 31.2 Å². The van der Waals surface area contributed by atoms with Gasteiger partial charge < -0.3 is 14.8 Å². The average Bonchev–Trinajstić information content (AvgIpc) is 3.48. The molecule has 3 atom stereocenters. The Hall–Kier alpha value is -4.75. The molecule has 0 saturated carbocycles. The molecule has 4 aromatic rings. The molecule has 1 N–H and O–H groups in total. The predicted octanol–water partition coefficient (Wildman–Crippen LogP) is 4.67. The Morgan fingerprint density at radius 2 is 1.62 bits per heavy atom. The number of esters is 1. The highest BCUT2D eigenvalue weighted by molar-refractivity contribution is 8.00. The molecule has 3 amide bonds. The van der Waals surface area contributed by atoms with Gasteiger partial charge in [-0.1, -0.05) is 35.2 Å². The second kappa shape index (κ2) is 12.3. The van der Waals surface area contributed by atoms with Gasteiger partial charge in [0.05, 0.1) is 35.9 Å². The van der Waals surface area contributed by atoms with Crippen molar-refractivity contribution in [2.45, 2.75) is 29.7 Å². The molecule has 1 fully saturated rings. The number of thiazole rings is 1. The molecule has 0 bridgehead atoms. The lowest BCUT2D eigenvalue weighted by molar-refractivity contribution is -0.122. The van der Waals surface area contributed by atoms with Gasteiger partial charge in [-0.15, -0.1) is 0 Å². The minimum absolute atomic E-state index is 0.208. The van der Waals surface area contributed by atoms with Crippen molar-refractivity contribution in [1.29, 1.82) is 0 Å². The van der Waals surface area contributed by atoms with Crippen molar-refractivity contribution >= 4 is 58.2 Å². The second-order valence-electron chi connectivity index (χ2n) is 10.3. The maximum Gasteiger partial charge on any atom is 0.338 e. The summed E-state index contributed by atoms with van der Waals surface area (Å²) in [6.45, 7) is 1.56. The number of carbonyl (C=O) groups excluding carboxylic acids is 4. The maximum absolute atomic E-state index is 14.1. The number of hydrogen-bond acceptors (Lipinski definition) is 9. The van der Waals surface area contributed by atoms with Gasteiger partial charge in [-0.3, -0.25) is 23.7 Å². The number of imide groups is 1. The van der Waals surface area contributed by atoms with Crippen LogP contribution in [0, 0.1) is 11.7 Å². The van der Waals surface area contributed by atoms with Crippen molar-refractivity contribution in [2.24, 2.45) is 5.92 Å². The first-order chi connectivity index (χ1) is 21.7. The quantitative estimate of drug-likeness (QED) is 0.216. The van der Waals surface area contributed by atoms with Crippen LogP contribution in [0.3, 0.4) is 0 Å². The van der Waals surface area contributed by atoms with Gasteiger partial charge in [-0.05, 0) is 73.2 Å². The van der Waals surface area contributed by atoms with E-state index < -0.39 is 51.5 Å². The molecule has 3 unspecified atom stereocenters. The number of halogens is 1. The number of hydrogen-bond donors (Lipinski definition) is 1. The van der Waals surface area contributed by atoms with Crippen molar-refractivity contribution in [3.05, 3.63) is 104 Å². The van der Waals surface area contributed by atoms with Crippen LogP contribution >= 0.6 is 23.1 Å². The van der Waals surface area contributed by atoms with Gasteiger partial charge in [0.1, 0.15) is 23.4 Å². The molecule has 3 aromatic carbocycles. The third kappa shape index (κ3) is 5.64. The summed E-state index contributed by atoms with van der Waals surface area (Å²) in [6.07, 6.45) is 0. The number of nitrogens with zero attached hydrogens (tertiary/aromatic N) is 2. The number of benzene rings is 3. The highest BCUT2D eigenvalue weighted by Crippen LogP contribution is 2.54. The number of amides is 3. The highest BCUT2D eigenvalue weighted by Gasteiger charge is 2.56. The predicted molar refractivity (Wildman–Crippen MR) is 166 cm³/mol. The third-order valence-electron chi connectivity index (χ3n) is 7.59. The summed E-state index contributed by atoms with van der Waals surface area (Å²) in [4.78, 5) is 67.8. The molecule has 0 aliphatic carbocycles. The number of ether oxygens (including phenoxy) is 2. The SMILES string of the molecule is CCOC(=O)c1ccc(N2C(=O)C3Sc4c(sc(=O)n4CC(=O)Nc4ccc(F)cc4)C(c4ccc(OC)cc4)C3C2=O)cc1. The zero-order valence-electron chi connectivity index (χ0n) is 24.0. The standard InChI is InChI=1S/C32H26FN3O7S2/c1-3-43-31(40)18-4-12-21(13-5-18)36-28(38)25-24(17-6-14-22(42-2)15-7-17)27-30(44-26(25)29(36)39)35(32(41)45-27)16-23(37)34-20-10-8-19(33)9-11-20/h4-15,24-26H,3,16H2,1-2H3,(H,34,37). The molecular weight excluding hydrogens is 621 g/mol. The monoisotopic (exact) mass is 647 g/mol. The summed E-state index contributed by atoms with van der Waals surface area (Å²) in [6, 6.07) is 18.4. The lowest BCUT2D eigenvalue weighted by Crippen LogP contribution is -2.33. The van der Waals surface area contributed by atoms with Gasteiger partial charge >= 0.3 is 10.8 Å². The lowest BCUT2D eigenvalue weighted by atomic mass is 9.83. The topological polar surface area (TPSA) is 124 Å². The fourth-order valence-corrected chi connectivity index (χ4v) is 8.29. The molecule has 13 heteroatoms. The number of rotatable bonds is 8. The van der Waals surface area contributed by atoms with Crippen LogP contribution in [0.1, 0.15) is 33.6 Å². The Morgan fingerprint density at radius 1 is 0.933 bits per heavy atom.